The van der Waals surface area contributed by atoms with Crippen LogP contribution in [0.15, 0.2) is 51.7 Å². The van der Waals surface area contributed by atoms with Gasteiger partial charge >= 0.3 is 0 Å². The molecule has 0 spiro atoms. The normalized spacial score (nSPS) is 12.6. The van der Waals surface area contributed by atoms with Crippen LogP contribution in [0.2, 0.25) is 0 Å². The molecule has 0 aliphatic rings. The van der Waals surface area contributed by atoms with Gasteiger partial charge in [-0.3, -0.25) is 11.3 Å². The Morgan fingerprint density at radius 1 is 1.12 bits per heavy atom. The van der Waals surface area contributed by atoms with Crippen molar-refractivity contribution in [3.05, 3.63) is 58.5 Å². The maximum atomic E-state index is 5.58. The molecular formula is C13H15BrN2O. The molecule has 0 aliphatic heterocycles. The van der Waals surface area contributed by atoms with Crippen molar-refractivity contribution in [3.63, 3.8) is 0 Å². The second kappa shape index (κ2) is 6.00. The minimum atomic E-state index is 0.216. The van der Waals surface area contributed by atoms with E-state index < -0.39 is 0 Å². The SMILES string of the molecule is NNC(Cc1ccc(Br)cc1)Cc1ccoc1. The van der Waals surface area contributed by atoms with Gasteiger partial charge in [-0.25, -0.2) is 0 Å². The highest BCUT2D eigenvalue weighted by molar-refractivity contribution is 9.10. The lowest BCUT2D eigenvalue weighted by atomic mass is 10.0. The van der Waals surface area contributed by atoms with Crippen molar-refractivity contribution in [2.24, 2.45) is 5.84 Å². The molecule has 1 heterocycles. The monoisotopic (exact) mass is 294 g/mol. The summed E-state index contributed by atoms with van der Waals surface area (Å²) in [5.41, 5.74) is 5.27. The number of rotatable bonds is 5. The van der Waals surface area contributed by atoms with Crippen molar-refractivity contribution in [3.8, 4) is 0 Å². The highest BCUT2D eigenvalue weighted by atomic mass is 79.9. The first kappa shape index (κ1) is 12.4. The second-order valence-electron chi connectivity index (χ2n) is 4.03. The number of hydrogen-bond acceptors (Lipinski definition) is 3. The standard InChI is InChI=1S/C13H15BrN2O/c14-12-3-1-10(2-4-12)7-13(16-15)8-11-5-6-17-9-11/h1-6,9,13,16H,7-8,15H2. The Kier molecular flexibility index (Phi) is 4.36. The fourth-order valence-corrected chi connectivity index (χ4v) is 2.05. The first-order valence-electron chi connectivity index (χ1n) is 5.49. The van der Waals surface area contributed by atoms with E-state index in [0.717, 1.165) is 22.9 Å². The Hall–Kier alpha value is -1.10. The molecule has 2 rings (SSSR count). The van der Waals surface area contributed by atoms with Crippen LogP contribution in [0.4, 0.5) is 0 Å². The average molecular weight is 295 g/mol. The van der Waals surface area contributed by atoms with Gasteiger partial charge < -0.3 is 4.42 Å². The summed E-state index contributed by atoms with van der Waals surface area (Å²) < 4.78 is 6.14. The van der Waals surface area contributed by atoms with Crippen LogP contribution in [0.5, 0.6) is 0 Å². The summed E-state index contributed by atoms with van der Waals surface area (Å²) in [5, 5.41) is 0. The third kappa shape index (κ3) is 3.70. The molecule has 2 aromatic rings. The molecule has 0 bridgehead atoms. The van der Waals surface area contributed by atoms with E-state index in [4.69, 9.17) is 10.3 Å². The van der Waals surface area contributed by atoms with Crippen LogP contribution in [-0.2, 0) is 12.8 Å². The van der Waals surface area contributed by atoms with E-state index in [0.29, 0.717) is 0 Å². The average Bonchev–Trinajstić information content (AvgIpc) is 2.84. The van der Waals surface area contributed by atoms with E-state index >= 15 is 0 Å². The van der Waals surface area contributed by atoms with Gasteiger partial charge in [0.05, 0.1) is 12.5 Å². The topological polar surface area (TPSA) is 51.2 Å². The summed E-state index contributed by atoms with van der Waals surface area (Å²) in [6.07, 6.45) is 5.20. The largest absolute Gasteiger partial charge is 0.472 e. The van der Waals surface area contributed by atoms with Crippen LogP contribution >= 0.6 is 15.9 Å². The zero-order valence-electron chi connectivity index (χ0n) is 9.40. The van der Waals surface area contributed by atoms with Crippen LogP contribution < -0.4 is 11.3 Å². The first-order chi connectivity index (χ1) is 8.28. The Balaban J connectivity index is 1.97. The van der Waals surface area contributed by atoms with Crippen LogP contribution in [0, 0.1) is 0 Å². The summed E-state index contributed by atoms with van der Waals surface area (Å²) in [5.74, 6) is 5.58. The molecule has 0 saturated carbocycles. The minimum Gasteiger partial charge on any atom is -0.472 e. The van der Waals surface area contributed by atoms with Crippen molar-refractivity contribution in [2.75, 3.05) is 0 Å². The van der Waals surface area contributed by atoms with E-state index in [-0.39, 0.29) is 6.04 Å². The fraction of sp³-hybridized carbons (Fsp3) is 0.231. The molecule has 1 unspecified atom stereocenters. The third-order valence-electron chi connectivity index (χ3n) is 2.69. The molecule has 1 aromatic carbocycles. The number of hydrogen-bond donors (Lipinski definition) is 2. The van der Waals surface area contributed by atoms with Gasteiger partial charge in [0.25, 0.3) is 0 Å². The Labute approximate surface area is 109 Å². The molecule has 0 aliphatic carbocycles. The Bertz CT molecular complexity index is 439. The van der Waals surface area contributed by atoms with Crippen LogP contribution in [0.3, 0.4) is 0 Å². The summed E-state index contributed by atoms with van der Waals surface area (Å²) >= 11 is 3.42. The summed E-state index contributed by atoms with van der Waals surface area (Å²) in [6.45, 7) is 0. The zero-order valence-corrected chi connectivity index (χ0v) is 11.0. The van der Waals surface area contributed by atoms with Gasteiger partial charge in [0.15, 0.2) is 0 Å². The molecule has 0 radical (unpaired) electrons. The molecule has 3 N–H and O–H groups in total. The quantitative estimate of drug-likeness (QED) is 0.658. The highest BCUT2D eigenvalue weighted by Gasteiger charge is 2.09. The number of furan rings is 1. The lowest BCUT2D eigenvalue weighted by Gasteiger charge is -2.14. The van der Waals surface area contributed by atoms with E-state index in [1.165, 1.54) is 5.56 Å². The van der Waals surface area contributed by atoms with E-state index in [9.17, 15) is 0 Å². The molecule has 90 valence electrons. The van der Waals surface area contributed by atoms with Crippen molar-refractivity contribution >= 4 is 15.9 Å². The van der Waals surface area contributed by atoms with Crippen molar-refractivity contribution in [1.29, 1.82) is 0 Å². The molecule has 0 saturated heterocycles. The number of nitrogens with one attached hydrogen (secondary N) is 1. The summed E-state index contributed by atoms with van der Waals surface area (Å²) in [7, 11) is 0. The van der Waals surface area contributed by atoms with Crippen LogP contribution in [-0.4, -0.2) is 6.04 Å². The highest BCUT2D eigenvalue weighted by Crippen LogP contribution is 2.13. The van der Waals surface area contributed by atoms with Gasteiger partial charge in [0.2, 0.25) is 0 Å². The van der Waals surface area contributed by atoms with E-state index in [1.807, 2.05) is 18.2 Å². The van der Waals surface area contributed by atoms with E-state index in [1.54, 1.807) is 12.5 Å². The number of benzene rings is 1. The Morgan fingerprint density at radius 2 is 1.82 bits per heavy atom. The molecule has 3 nitrogen and oxygen atoms in total. The van der Waals surface area contributed by atoms with Gasteiger partial charge in [-0.15, -0.1) is 0 Å². The molecule has 1 atom stereocenters. The van der Waals surface area contributed by atoms with Crippen LogP contribution in [0.25, 0.3) is 0 Å². The molecule has 17 heavy (non-hydrogen) atoms. The van der Waals surface area contributed by atoms with Gasteiger partial charge in [0, 0.05) is 10.5 Å². The van der Waals surface area contributed by atoms with Gasteiger partial charge in [-0.05, 0) is 42.2 Å². The smallest absolute Gasteiger partial charge is 0.0935 e. The van der Waals surface area contributed by atoms with E-state index in [2.05, 4.69) is 33.5 Å². The maximum Gasteiger partial charge on any atom is 0.0935 e. The molecular weight excluding hydrogens is 280 g/mol. The third-order valence-corrected chi connectivity index (χ3v) is 3.22. The second-order valence-corrected chi connectivity index (χ2v) is 4.95. The summed E-state index contributed by atoms with van der Waals surface area (Å²) in [6, 6.07) is 10.5. The van der Waals surface area contributed by atoms with Crippen molar-refractivity contribution in [2.45, 2.75) is 18.9 Å². The number of halogens is 1. The Morgan fingerprint density at radius 3 is 2.41 bits per heavy atom. The minimum absolute atomic E-state index is 0.216. The maximum absolute atomic E-state index is 5.58. The van der Waals surface area contributed by atoms with Gasteiger partial charge in [-0.2, -0.15) is 0 Å². The molecule has 4 heteroatoms. The molecule has 0 amide bonds. The van der Waals surface area contributed by atoms with Gasteiger partial charge in [-0.1, -0.05) is 28.1 Å². The van der Waals surface area contributed by atoms with Crippen molar-refractivity contribution in [1.82, 2.24) is 5.43 Å². The predicted octanol–water partition coefficient (Wildman–Crippen LogP) is 2.66. The summed E-state index contributed by atoms with van der Waals surface area (Å²) in [4.78, 5) is 0. The van der Waals surface area contributed by atoms with Crippen molar-refractivity contribution < 1.29 is 4.42 Å². The number of nitrogens with two attached hydrogens (primary N) is 1. The molecule has 1 aromatic heterocycles. The zero-order chi connectivity index (χ0) is 12.1. The lowest BCUT2D eigenvalue weighted by Crippen LogP contribution is -2.38. The first-order valence-corrected chi connectivity index (χ1v) is 6.29. The van der Waals surface area contributed by atoms with Gasteiger partial charge in [0.1, 0.15) is 0 Å². The molecule has 0 fully saturated rings. The fourth-order valence-electron chi connectivity index (χ4n) is 1.79. The predicted molar refractivity (Wildman–Crippen MR) is 71.4 cm³/mol. The number of hydrazine groups is 1. The van der Waals surface area contributed by atoms with Crippen LogP contribution in [0.1, 0.15) is 11.1 Å². The lowest BCUT2D eigenvalue weighted by molar-refractivity contribution is 0.514.